The van der Waals surface area contributed by atoms with E-state index >= 15 is 0 Å². The summed E-state index contributed by atoms with van der Waals surface area (Å²) >= 11 is 0. The molecular formula is H10F6KP. The van der Waals surface area contributed by atoms with E-state index in [2.05, 4.69) is 0 Å². The first-order valence-corrected chi connectivity index (χ1v) is 0. The first-order valence-electron chi connectivity index (χ1n) is 0. The van der Waals surface area contributed by atoms with E-state index in [9.17, 15) is 0 Å². The summed E-state index contributed by atoms with van der Waals surface area (Å²) in [6, 6.07) is 0. The normalized spacial score (nSPS) is 0. The minimum atomic E-state index is 0. The molecule has 1 unspecified atom stereocenters. The van der Waals surface area contributed by atoms with Crippen LogP contribution in [0.4, 0.5) is 28.2 Å². The molecule has 0 amide bonds. The van der Waals surface area contributed by atoms with Crippen molar-refractivity contribution in [2.24, 2.45) is 0 Å². The maximum Gasteiger partial charge on any atom is 1.00 e. The summed E-state index contributed by atoms with van der Waals surface area (Å²) in [5, 5.41) is 0. The number of hydrogen-bond donors (Lipinski definition) is 0. The van der Waals surface area contributed by atoms with Crippen LogP contribution in [0.1, 0.15) is 1.43 Å². The molecule has 1 atom stereocenters. The van der Waals surface area contributed by atoms with E-state index < -0.39 is 0 Å². The van der Waals surface area contributed by atoms with Gasteiger partial charge in [0.25, 0.3) is 0 Å². The Kier molecular flexibility index (Phi) is 6200. The topological polar surface area (TPSA) is 0 Å². The van der Waals surface area contributed by atoms with Gasteiger partial charge < -0.3 is 1.43 Å². The Bertz CT molecular complexity index is 13.0. The molecule has 0 aromatic rings. The summed E-state index contributed by atoms with van der Waals surface area (Å²) in [5.41, 5.74) is 0. The summed E-state index contributed by atoms with van der Waals surface area (Å²) in [6.45, 7) is 0. The van der Waals surface area contributed by atoms with E-state index in [1.807, 2.05) is 0 Å². The minimum absolute atomic E-state index is 0. The molecule has 0 aromatic carbocycles. The van der Waals surface area contributed by atoms with Crippen molar-refractivity contribution in [2.45, 2.75) is 0 Å². The van der Waals surface area contributed by atoms with Gasteiger partial charge in [-0.2, -0.15) is 9.90 Å². The number of halogens is 6. The summed E-state index contributed by atoms with van der Waals surface area (Å²) in [7, 11) is 0. The molecule has 8 heteroatoms. The standard InChI is InChI=1S/6FH.K.H3P.H/h6*1H;;1H3;/q;;;;;;+1;;-1. The zero-order valence-electron chi connectivity index (χ0n) is 5.16. The van der Waals surface area contributed by atoms with Crippen LogP contribution in [0.25, 0.3) is 0 Å². The van der Waals surface area contributed by atoms with Crippen molar-refractivity contribution in [3.63, 3.8) is 0 Å². The Morgan fingerprint density at radius 1 is 0.500 bits per heavy atom. The van der Waals surface area contributed by atoms with Crippen LogP contribution < -0.4 is 51.4 Å². The molecule has 0 fully saturated rings. The van der Waals surface area contributed by atoms with Crippen LogP contribution in [-0.2, 0) is 0 Å². The zero-order valence-corrected chi connectivity index (χ0v) is 8.69. The van der Waals surface area contributed by atoms with E-state index in [0.29, 0.717) is 0 Å². The molecule has 0 aliphatic heterocycles. The monoisotopic (exact) mass is 194 g/mol. The third-order valence-electron chi connectivity index (χ3n) is 0. The molecule has 0 saturated heterocycles. The van der Waals surface area contributed by atoms with Crippen molar-refractivity contribution in [2.75, 3.05) is 0 Å². The van der Waals surface area contributed by atoms with Crippen LogP contribution in [0.5, 0.6) is 0 Å². The van der Waals surface area contributed by atoms with Gasteiger partial charge in [0, 0.05) is 0 Å². The van der Waals surface area contributed by atoms with Crippen LogP contribution in [-0.4, -0.2) is 0 Å². The van der Waals surface area contributed by atoms with Crippen molar-refractivity contribution >= 4 is 9.90 Å². The SMILES string of the molecule is F.F.F.F.F.F.P.[H-].[K+]. The third-order valence-corrected chi connectivity index (χ3v) is 0. The molecule has 0 radical (unpaired) electrons. The fourth-order valence-electron chi connectivity index (χ4n) is 0. The van der Waals surface area contributed by atoms with Crippen molar-refractivity contribution in [3.05, 3.63) is 0 Å². The van der Waals surface area contributed by atoms with E-state index in [1.165, 1.54) is 0 Å². The Balaban J connectivity index is 0. The van der Waals surface area contributed by atoms with Gasteiger partial charge in [-0.05, 0) is 0 Å². The average Bonchev–Trinajstić information content (AvgIpc) is 0. The second-order valence-electron chi connectivity index (χ2n) is 0. The summed E-state index contributed by atoms with van der Waals surface area (Å²) in [4.78, 5) is 0. The fourth-order valence-corrected chi connectivity index (χ4v) is 0. The summed E-state index contributed by atoms with van der Waals surface area (Å²) in [6.07, 6.45) is 0. The third kappa shape index (κ3) is 125. The van der Waals surface area contributed by atoms with Gasteiger partial charge in [0.2, 0.25) is 0 Å². The molecule has 0 aromatic heterocycles. The molecule has 8 heavy (non-hydrogen) atoms. The molecule has 0 aliphatic rings. The molecule has 0 N–H and O–H groups in total. The van der Waals surface area contributed by atoms with Gasteiger partial charge in [0.1, 0.15) is 0 Å². The molecule has 0 heterocycles. The average molecular weight is 194 g/mol. The predicted molar refractivity (Wildman–Crippen MR) is 27.2 cm³/mol. The van der Waals surface area contributed by atoms with Gasteiger partial charge >= 0.3 is 51.4 Å². The quantitative estimate of drug-likeness (QED) is 0.240. The summed E-state index contributed by atoms with van der Waals surface area (Å²) in [5.74, 6) is 0. The van der Waals surface area contributed by atoms with Crippen LogP contribution in [0.3, 0.4) is 0 Å². The van der Waals surface area contributed by atoms with E-state index in [1.54, 1.807) is 0 Å². The van der Waals surface area contributed by atoms with Crippen molar-refractivity contribution in [1.29, 1.82) is 0 Å². The Labute approximate surface area is 89.9 Å². The van der Waals surface area contributed by atoms with Crippen LogP contribution in [0.15, 0.2) is 0 Å². The van der Waals surface area contributed by atoms with Crippen LogP contribution >= 0.6 is 9.90 Å². The van der Waals surface area contributed by atoms with Crippen LogP contribution in [0.2, 0.25) is 0 Å². The molecule has 0 bridgehead atoms. The smallest absolute Gasteiger partial charge is 1.00 e. The van der Waals surface area contributed by atoms with Gasteiger partial charge in [-0.25, -0.2) is 0 Å². The molecule has 0 aliphatic carbocycles. The second kappa shape index (κ2) is 187. The minimum Gasteiger partial charge on any atom is -1.00 e. The first kappa shape index (κ1) is 266. The van der Waals surface area contributed by atoms with Gasteiger partial charge in [0.05, 0.1) is 0 Å². The fraction of sp³-hybridized carbons (Fsp3) is 0. The predicted octanol–water partition coefficient (Wildman–Crippen LogP) is -1.91. The molecule has 0 rings (SSSR count). The Hall–Kier alpha value is 1.65. The Morgan fingerprint density at radius 2 is 0.500 bits per heavy atom. The zero-order chi connectivity index (χ0) is 0. The molecule has 58 valence electrons. The van der Waals surface area contributed by atoms with Crippen molar-refractivity contribution in [1.82, 2.24) is 0 Å². The first-order chi connectivity index (χ1) is 0. The van der Waals surface area contributed by atoms with Crippen molar-refractivity contribution < 1.29 is 81.0 Å². The Morgan fingerprint density at radius 3 is 0.500 bits per heavy atom. The van der Waals surface area contributed by atoms with Gasteiger partial charge in [-0.3, -0.25) is 28.2 Å². The van der Waals surface area contributed by atoms with Crippen LogP contribution in [0, 0.1) is 0 Å². The molecule has 0 saturated carbocycles. The molecule has 0 nitrogen and oxygen atoms in total. The van der Waals surface area contributed by atoms with Gasteiger partial charge in [-0.15, -0.1) is 0 Å². The maximum atomic E-state index is 0. The van der Waals surface area contributed by atoms with Crippen molar-refractivity contribution in [3.8, 4) is 0 Å². The molecule has 0 spiro atoms. The number of rotatable bonds is 0. The van der Waals surface area contributed by atoms with Gasteiger partial charge in [0.15, 0.2) is 0 Å². The second-order valence-corrected chi connectivity index (χ2v) is 0. The number of hydrogen-bond acceptors (Lipinski definition) is 0. The van der Waals surface area contributed by atoms with E-state index in [-0.39, 0.29) is 90.9 Å². The van der Waals surface area contributed by atoms with Gasteiger partial charge in [-0.1, -0.05) is 0 Å². The maximum absolute atomic E-state index is 0. The van der Waals surface area contributed by atoms with E-state index in [0.717, 1.165) is 0 Å². The van der Waals surface area contributed by atoms with E-state index in [4.69, 9.17) is 0 Å². The largest absolute Gasteiger partial charge is 1.00 e. The molecular weight excluding hydrogens is 184 g/mol. The summed E-state index contributed by atoms with van der Waals surface area (Å²) < 4.78 is 0.